The SMILES string of the molecule is C#C.C#CC.CC(N=[N+]=[N-])(c1cccc(Br)c1)c1ccc[n+]([O-])c1.CC(N=[N+]=[N-])(c1cccnc1)c1cccc(Br)c1. The zero-order chi connectivity index (χ0) is 31.6. The molecule has 0 aliphatic carbocycles. The third-order valence-electron chi connectivity index (χ3n) is 5.82. The smallest absolute Gasteiger partial charge is 0.184 e. The van der Waals surface area contributed by atoms with E-state index in [4.69, 9.17) is 11.1 Å². The van der Waals surface area contributed by atoms with E-state index < -0.39 is 11.1 Å². The minimum Gasteiger partial charge on any atom is -0.619 e. The highest BCUT2D eigenvalue weighted by Gasteiger charge is 2.30. The van der Waals surface area contributed by atoms with Gasteiger partial charge in [0.1, 0.15) is 5.54 Å². The molecule has 0 amide bonds. The molecule has 0 N–H and O–H groups in total. The van der Waals surface area contributed by atoms with E-state index in [1.54, 1.807) is 38.4 Å². The summed E-state index contributed by atoms with van der Waals surface area (Å²) in [5, 5.41) is 19.3. The lowest BCUT2D eigenvalue weighted by Gasteiger charge is -2.24. The molecule has 0 spiro atoms. The summed E-state index contributed by atoms with van der Waals surface area (Å²) < 4.78 is 2.52. The summed E-state index contributed by atoms with van der Waals surface area (Å²) >= 11 is 6.82. The molecular weight excluding hydrogens is 660 g/mol. The monoisotopic (exact) mass is 686 g/mol. The summed E-state index contributed by atoms with van der Waals surface area (Å²) in [6.45, 7) is 5.31. The maximum Gasteiger partial charge on any atom is 0.184 e. The summed E-state index contributed by atoms with van der Waals surface area (Å²) in [4.78, 5) is 9.98. The van der Waals surface area contributed by atoms with Crippen LogP contribution in [0.2, 0.25) is 0 Å². The highest BCUT2D eigenvalue weighted by molar-refractivity contribution is 9.10. The number of terminal acetylenes is 2. The lowest BCUT2D eigenvalue weighted by Crippen LogP contribution is -2.29. The van der Waals surface area contributed by atoms with Gasteiger partial charge in [0, 0.05) is 42.8 Å². The Bertz CT molecular complexity index is 1560. The molecule has 0 radical (unpaired) electrons. The van der Waals surface area contributed by atoms with E-state index >= 15 is 0 Å². The summed E-state index contributed by atoms with van der Waals surface area (Å²) in [5.74, 6) is 2.25. The molecule has 0 bridgehead atoms. The van der Waals surface area contributed by atoms with Gasteiger partial charge in [0.2, 0.25) is 0 Å². The van der Waals surface area contributed by atoms with E-state index in [2.05, 4.69) is 82.1 Å². The number of hydrogen-bond acceptors (Lipinski definition) is 4. The van der Waals surface area contributed by atoms with Crippen molar-refractivity contribution in [1.29, 1.82) is 0 Å². The van der Waals surface area contributed by atoms with Gasteiger partial charge in [-0.3, -0.25) is 4.98 Å². The van der Waals surface area contributed by atoms with Gasteiger partial charge < -0.3 is 5.21 Å². The second-order valence-electron chi connectivity index (χ2n) is 8.53. The Hall–Kier alpha value is -4.76. The Morgan fingerprint density at radius 2 is 1.29 bits per heavy atom. The quantitative estimate of drug-likeness (QED) is 0.0499. The van der Waals surface area contributed by atoms with Crippen LogP contribution in [-0.4, -0.2) is 4.98 Å². The fourth-order valence-corrected chi connectivity index (χ4v) is 4.52. The van der Waals surface area contributed by atoms with Gasteiger partial charge in [-0.05, 0) is 84.9 Å². The second kappa shape index (κ2) is 17.8. The molecule has 2 aromatic carbocycles. The number of hydrogen-bond donors (Lipinski definition) is 0. The van der Waals surface area contributed by atoms with Crippen LogP contribution in [0.1, 0.15) is 43.0 Å². The minimum atomic E-state index is -0.925. The van der Waals surface area contributed by atoms with Gasteiger partial charge in [-0.1, -0.05) is 72.4 Å². The van der Waals surface area contributed by atoms with Crippen LogP contribution < -0.4 is 4.73 Å². The predicted octanol–water partition coefficient (Wildman–Crippen LogP) is 8.96. The lowest BCUT2D eigenvalue weighted by molar-refractivity contribution is -0.606. The van der Waals surface area contributed by atoms with Gasteiger partial charge in [-0.15, -0.1) is 25.2 Å². The Labute approximate surface area is 262 Å². The topological polar surface area (TPSA) is 137 Å². The molecule has 212 valence electrons. The summed E-state index contributed by atoms with van der Waals surface area (Å²) in [6.07, 6.45) is 18.8. The first-order valence-corrected chi connectivity index (χ1v) is 13.7. The van der Waals surface area contributed by atoms with Crippen LogP contribution in [0.5, 0.6) is 0 Å². The Balaban J connectivity index is 0.000000365. The molecule has 9 nitrogen and oxygen atoms in total. The number of aromatic nitrogens is 2. The zero-order valence-corrected chi connectivity index (χ0v) is 26.4. The van der Waals surface area contributed by atoms with Crippen molar-refractivity contribution >= 4 is 31.9 Å². The van der Waals surface area contributed by atoms with Gasteiger partial charge in [0.25, 0.3) is 0 Å². The van der Waals surface area contributed by atoms with E-state index in [-0.39, 0.29) is 0 Å². The Morgan fingerprint density at radius 1 is 0.833 bits per heavy atom. The lowest BCUT2D eigenvalue weighted by atomic mass is 9.86. The third-order valence-corrected chi connectivity index (χ3v) is 6.81. The standard InChI is InChI=1S/C13H11BrN4O.C13H11BrN4.C3H4.C2H2/c1-13(16-17-15,10-4-2-6-12(14)8-10)11-5-3-7-18(19)9-11;1-13(17-18-15,11-5-3-7-16-9-11)10-4-2-6-12(14)8-10;1-3-2;1-2/h2-9H,1H3;2-9H,1H3;1H,2H3;1-2H. The van der Waals surface area contributed by atoms with Crippen LogP contribution in [0.15, 0.2) is 117 Å². The molecule has 2 aromatic heterocycles. The number of halogens is 2. The van der Waals surface area contributed by atoms with Crippen LogP contribution in [0, 0.1) is 30.4 Å². The van der Waals surface area contributed by atoms with E-state index in [9.17, 15) is 5.21 Å². The zero-order valence-electron chi connectivity index (χ0n) is 23.2. The van der Waals surface area contributed by atoms with Crippen LogP contribution >= 0.6 is 31.9 Å². The predicted molar refractivity (Wildman–Crippen MR) is 174 cm³/mol. The van der Waals surface area contributed by atoms with Crippen molar-refractivity contribution in [2.24, 2.45) is 10.2 Å². The van der Waals surface area contributed by atoms with Crippen molar-refractivity contribution in [3.8, 4) is 25.2 Å². The number of nitrogens with zero attached hydrogens (tertiary/aromatic N) is 8. The van der Waals surface area contributed by atoms with Crippen molar-refractivity contribution in [2.45, 2.75) is 31.8 Å². The van der Waals surface area contributed by atoms with E-state index in [1.165, 1.54) is 12.4 Å². The molecule has 0 saturated heterocycles. The number of azide groups is 2. The molecule has 0 aliphatic rings. The van der Waals surface area contributed by atoms with Crippen molar-refractivity contribution in [3.05, 3.63) is 155 Å². The maximum atomic E-state index is 11.4. The molecule has 0 fully saturated rings. The van der Waals surface area contributed by atoms with Crippen LogP contribution in [-0.2, 0) is 11.1 Å². The molecule has 0 aliphatic heterocycles. The van der Waals surface area contributed by atoms with Crippen molar-refractivity contribution in [2.75, 3.05) is 0 Å². The van der Waals surface area contributed by atoms with Crippen molar-refractivity contribution in [1.82, 2.24) is 4.98 Å². The highest BCUT2D eigenvalue weighted by Crippen LogP contribution is 2.35. The van der Waals surface area contributed by atoms with Gasteiger partial charge >= 0.3 is 0 Å². The molecule has 2 unspecified atom stereocenters. The van der Waals surface area contributed by atoms with Crippen LogP contribution in [0.3, 0.4) is 0 Å². The number of rotatable bonds is 6. The molecule has 2 heterocycles. The fourth-order valence-electron chi connectivity index (χ4n) is 3.72. The number of benzene rings is 2. The average molecular weight is 688 g/mol. The highest BCUT2D eigenvalue weighted by atomic mass is 79.9. The van der Waals surface area contributed by atoms with E-state index in [0.717, 1.165) is 25.6 Å². The third kappa shape index (κ3) is 9.71. The first kappa shape index (κ1) is 35.3. The molecular formula is C31H28Br2N8O. The molecule has 2 atom stereocenters. The Morgan fingerprint density at radius 3 is 1.69 bits per heavy atom. The summed E-state index contributed by atoms with van der Waals surface area (Å²) in [5.41, 5.74) is 19.2. The van der Waals surface area contributed by atoms with Crippen molar-refractivity contribution < 1.29 is 4.73 Å². The first-order chi connectivity index (χ1) is 20.1. The molecule has 4 rings (SSSR count). The average Bonchev–Trinajstić information content (AvgIpc) is 2.99. The van der Waals surface area contributed by atoms with Crippen LogP contribution in [0.4, 0.5) is 0 Å². The molecule has 4 aromatic rings. The maximum absolute atomic E-state index is 11.4. The molecule has 11 heteroatoms. The summed E-state index contributed by atoms with van der Waals surface area (Å²) in [6, 6.07) is 22.4. The van der Waals surface area contributed by atoms with Crippen molar-refractivity contribution in [3.63, 3.8) is 0 Å². The number of pyridine rings is 2. The van der Waals surface area contributed by atoms with Gasteiger partial charge in [-0.2, -0.15) is 4.73 Å². The first-order valence-electron chi connectivity index (χ1n) is 12.1. The fraction of sp³-hybridized carbons (Fsp3) is 0.161. The van der Waals surface area contributed by atoms with Gasteiger partial charge in [0.15, 0.2) is 12.4 Å². The minimum absolute atomic E-state index is 0.640. The van der Waals surface area contributed by atoms with E-state index in [0.29, 0.717) is 10.3 Å². The molecule has 42 heavy (non-hydrogen) atoms. The van der Waals surface area contributed by atoms with Crippen LogP contribution in [0.25, 0.3) is 20.9 Å². The van der Waals surface area contributed by atoms with Gasteiger partial charge in [-0.25, -0.2) is 0 Å². The second-order valence-corrected chi connectivity index (χ2v) is 10.4. The Kier molecular flexibility index (Phi) is 15.0. The normalized spacial score (nSPS) is 12.0. The largest absolute Gasteiger partial charge is 0.619 e. The van der Waals surface area contributed by atoms with E-state index in [1.807, 2.05) is 67.6 Å². The van der Waals surface area contributed by atoms with Gasteiger partial charge in [0.05, 0.1) is 5.54 Å². The summed E-state index contributed by atoms with van der Waals surface area (Å²) in [7, 11) is 0. The molecule has 0 saturated carbocycles.